The number of nitrogens with zero attached hydrogens (tertiary/aromatic N) is 1. The van der Waals surface area contributed by atoms with E-state index in [0.717, 1.165) is 11.1 Å². The fraction of sp³-hybridized carbons (Fsp3) is 0.238. The van der Waals surface area contributed by atoms with Gasteiger partial charge in [0.1, 0.15) is 24.4 Å². The first-order valence-corrected chi connectivity index (χ1v) is 8.72. The summed E-state index contributed by atoms with van der Waals surface area (Å²) in [4.78, 5) is 12.7. The second-order valence-corrected chi connectivity index (χ2v) is 6.44. The van der Waals surface area contributed by atoms with Crippen LogP contribution < -0.4 is 14.8 Å². The van der Waals surface area contributed by atoms with Crippen LogP contribution in [0.3, 0.4) is 0 Å². The molecule has 0 saturated heterocycles. The van der Waals surface area contributed by atoms with Crippen molar-refractivity contribution in [3.8, 4) is 11.5 Å². The number of nitrogens with one attached hydrogen (secondary N) is 1. The smallest absolute Gasteiger partial charge is 0.260 e. The van der Waals surface area contributed by atoms with Crippen LogP contribution in [0.15, 0.2) is 59.3 Å². The van der Waals surface area contributed by atoms with Gasteiger partial charge in [-0.3, -0.25) is 4.79 Å². The van der Waals surface area contributed by atoms with Crippen molar-refractivity contribution in [1.29, 1.82) is 0 Å². The maximum absolute atomic E-state index is 12.7. The summed E-state index contributed by atoms with van der Waals surface area (Å²) in [5.74, 6) is 1.05. The molecule has 1 heterocycles. The van der Waals surface area contributed by atoms with Crippen molar-refractivity contribution in [2.45, 2.75) is 33.5 Å². The third kappa shape index (κ3) is 5.10. The first-order chi connectivity index (χ1) is 13.0. The molecule has 6 heteroatoms. The summed E-state index contributed by atoms with van der Waals surface area (Å²) in [6.45, 7) is 6.24. The highest BCUT2D eigenvalue weighted by Gasteiger charge is 2.16. The molecule has 3 aromatic rings. The Labute approximate surface area is 158 Å². The molecule has 1 amide bonds. The van der Waals surface area contributed by atoms with Crippen molar-refractivity contribution in [2.75, 3.05) is 5.32 Å². The Balaban J connectivity index is 1.83. The average molecular weight is 366 g/mol. The van der Waals surface area contributed by atoms with E-state index in [2.05, 4.69) is 10.5 Å². The number of carbonyl (C=O) groups excluding carboxylic acids is 1. The first kappa shape index (κ1) is 18.5. The van der Waals surface area contributed by atoms with Gasteiger partial charge in [-0.25, -0.2) is 0 Å². The summed E-state index contributed by atoms with van der Waals surface area (Å²) >= 11 is 0. The molecular weight excluding hydrogens is 344 g/mol. The van der Waals surface area contributed by atoms with Crippen LogP contribution in [0.5, 0.6) is 11.5 Å². The molecule has 2 aromatic carbocycles. The highest BCUT2D eigenvalue weighted by molar-refractivity contribution is 6.06. The number of rotatable bonds is 7. The van der Waals surface area contributed by atoms with Crippen LogP contribution in [0.1, 0.15) is 35.3 Å². The predicted molar refractivity (Wildman–Crippen MR) is 102 cm³/mol. The van der Waals surface area contributed by atoms with Crippen molar-refractivity contribution in [3.05, 3.63) is 71.5 Å². The number of hydrogen-bond acceptors (Lipinski definition) is 5. The lowest BCUT2D eigenvalue weighted by atomic mass is 10.1. The van der Waals surface area contributed by atoms with Gasteiger partial charge in [-0.2, -0.15) is 0 Å². The molecular formula is C21H22N2O4. The molecule has 0 spiro atoms. The summed E-state index contributed by atoms with van der Waals surface area (Å²) in [5, 5.41) is 6.39. The van der Waals surface area contributed by atoms with Gasteiger partial charge in [0.2, 0.25) is 0 Å². The van der Waals surface area contributed by atoms with Gasteiger partial charge in [-0.15, -0.1) is 0 Å². The monoisotopic (exact) mass is 366 g/mol. The normalized spacial score (nSPS) is 10.7. The van der Waals surface area contributed by atoms with E-state index in [4.69, 9.17) is 14.0 Å². The number of benzene rings is 2. The number of aromatic nitrogens is 1. The summed E-state index contributed by atoms with van der Waals surface area (Å²) < 4.78 is 16.4. The van der Waals surface area contributed by atoms with Gasteiger partial charge < -0.3 is 19.3 Å². The summed E-state index contributed by atoms with van der Waals surface area (Å²) in [6, 6.07) is 14.8. The Bertz CT molecular complexity index is 904. The molecule has 1 N–H and O–H groups in total. The predicted octanol–water partition coefficient (Wildman–Crippen LogP) is 4.60. The zero-order valence-electron chi connectivity index (χ0n) is 15.6. The van der Waals surface area contributed by atoms with Crippen LogP contribution >= 0.6 is 0 Å². The second kappa shape index (κ2) is 8.40. The van der Waals surface area contributed by atoms with Crippen molar-refractivity contribution < 1.29 is 18.8 Å². The molecule has 140 valence electrons. The molecule has 0 aliphatic rings. The Kier molecular flexibility index (Phi) is 5.76. The summed E-state index contributed by atoms with van der Waals surface area (Å²) in [5.41, 5.74) is 2.55. The Hall–Kier alpha value is -3.28. The van der Waals surface area contributed by atoms with E-state index < -0.39 is 0 Å². The van der Waals surface area contributed by atoms with Crippen LogP contribution in [-0.4, -0.2) is 17.2 Å². The van der Waals surface area contributed by atoms with E-state index in [0.29, 0.717) is 29.5 Å². The van der Waals surface area contributed by atoms with E-state index in [-0.39, 0.29) is 12.0 Å². The molecule has 0 saturated carbocycles. The molecule has 0 aliphatic carbocycles. The van der Waals surface area contributed by atoms with Gasteiger partial charge in [0, 0.05) is 6.07 Å². The number of carbonyl (C=O) groups is 1. The van der Waals surface area contributed by atoms with Crippen molar-refractivity contribution in [1.82, 2.24) is 5.16 Å². The molecule has 0 bridgehead atoms. The highest BCUT2D eigenvalue weighted by Crippen LogP contribution is 2.27. The van der Waals surface area contributed by atoms with Gasteiger partial charge in [-0.1, -0.05) is 35.0 Å². The summed E-state index contributed by atoms with van der Waals surface area (Å²) in [7, 11) is 0. The lowest BCUT2D eigenvalue weighted by Crippen LogP contribution is -2.15. The van der Waals surface area contributed by atoms with Crippen LogP contribution in [0.2, 0.25) is 0 Å². The lowest BCUT2D eigenvalue weighted by Gasteiger charge is -2.15. The Morgan fingerprint density at radius 3 is 2.74 bits per heavy atom. The van der Waals surface area contributed by atoms with Gasteiger partial charge >= 0.3 is 0 Å². The second-order valence-electron chi connectivity index (χ2n) is 6.44. The fourth-order valence-corrected chi connectivity index (χ4v) is 2.58. The van der Waals surface area contributed by atoms with E-state index in [1.54, 1.807) is 24.3 Å². The number of ether oxygens (including phenoxy) is 2. The quantitative estimate of drug-likeness (QED) is 0.661. The number of anilines is 1. The zero-order valence-corrected chi connectivity index (χ0v) is 15.6. The van der Waals surface area contributed by atoms with E-state index >= 15 is 0 Å². The Morgan fingerprint density at radius 2 is 2.04 bits per heavy atom. The van der Waals surface area contributed by atoms with E-state index in [1.165, 1.54) is 6.26 Å². The van der Waals surface area contributed by atoms with Crippen molar-refractivity contribution >= 4 is 11.7 Å². The zero-order chi connectivity index (χ0) is 19.2. The van der Waals surface area contributed by atoms with Crippen LogP contribution in [0.25, 0.3) is 0 Å². The molecule has 0 aliphatic heterocycles. The average Bonchev–Trinajstić information content (AvgIpc) is 3.13. The summed E-state index contributed by atoms with van der Waals surface area (Å²) in [6.07, 6.45) is 1.39. The maximum Gasteiger partial charge on any atom is 0.260 e. The molecule has 0 radical (unpaired) electrons. The number of hydrogen-bond donors (Lipinski definition) is 1. The highest BCUT2D eigenvalue weighted by atomic mass is 16.5. The first-order valence-electron chi connectivity index (χ1n) is 8.72. The van der Waals surface area contributed by atoms with Gasteiger partial charge in [0.05, 0.1) is 11.7 Å². The van der Waals surface area contributed by atoms with E-state index in [9.17, 15) is 4.79 Å². The van der Waals surface area contributed by atoms with Crippen LogP contribution in [0.4, 0.5) is 5.82 Å². The molecule has 3 rings (SSSR count). The number of aryl methyl sites for hydroxylation is 1. The largest absolute Gasteiger partial charge is 0.491 e. The van der Waals surface area contributed by atoms with Gasteiger partial charge in [-0.05, 0) is 44.5 Å². The molecule has 27 heavy (non-hydrogen) atoms. The molecule has 0 fully saturated rings. The standard InChI is InChI=1S/C21H22N2O4/c1-14(2)27-17-7-8-19(25-13-16-6-4-5-15(3)11-16)18(12-17)21(24)22-20-9-10-26-23-20/h4-12,14H,13H2,1-3H3,(H,22,23,24). The van der Waals surface area contributed by atoms with Crippen LogP contribution in [-0.2, 0) is 6.61 Å². The minimum absolute atomic E-state index is 0.00415. The molecule has 1 aromatic heterocycles. The fourth-order valence-electron chi connectivity index (χ4n) is 2.58. The molecule has 6 nitrogen and oxygen atoms in total. The van der Waals surface area contributed by atoms with Crippen molar-refractivity contribution in [3.63, 3.8) is 0 Å². The SMILES string of the molecule is Cc1cccc(COc2ccc(OC(C)C)cc2C(=O)Nc2ccon2)c1. The van der Waals surface area contributed by atoms with Gasteiger partial charge in [0.25, 0.3) is 5.91 Å². The third-order valence-corrected chi connectivity index (χ3v) is 3.72. The topological polar surface area (TPSA) is 73.6 Å². The number of amides is 1. The minimum Gasteiger partial charge on any atom is -0.491 e. The van der Waals surface area contributed by atoms with Gasteiger partial charge in [0.15, 0.2) is 5.82 Å². The Morgan fingerprint density at radius 1 is 1.19 bits per heavy atom. The van der Waals surface area contributed by atoms with Crippen molar-refractivity contribution in [2.24, 2.45) is 0 Å². The lowest BCUT2D eigenvalue weighted by molar-refractivity contribution is 0.102. The van der Waals surface area contributed by atoms with E-state index in [1.807, 2.05) is 45.0 Å². The maximum atomic E-state index is 12.7. The third-order valence-electron chi connectivity index (χ3n) is 3.72. The minimum atomic E-state index is -0.350. The molecule has 0 unspecified atom stereocenters. The molecule has 0 atom stereocenters. The van der Waals surface area contributed by atoms with Crippen LogP contribution in [0, 0.1) is 6.92 Å².